The van der Waals surface area contributed by atoms with Crippen LogP contribution in [0, 0.1) is 0 Å². The van der Waals surface area contributed by atoms with Gasteiger partial charge in [-0.1, -0.05) is 0 Å². The third-order valence-electron chi connectivity index (χ3n) is 3.53. The summed E-state index contributed by atoms with van der Waals surface area (Å²) in [6.07, 6.45) is 3.07. The van der Waals surface area contributed by atoms with Gasteiger partial charge in [0.1, 0.15) is 0 Å². The fourth-order valence-electron chi connectivity index (χ4n) is 2.57. The van der Waals surface area contributed by atoms with Gasteiger partial charge in [0.2, 0.25) is 0 Å². The number of likely N-dealkylation sites (tertiary alicyclic amines) is 1. The van der Waals surface area contributed by atoms with Crippen LogP contribution >= 0.6 is 0 Å². The SMILES string of the molecule is COC(=O)CCN(C)C[C@@H]1CCCN1C(C)C. The number of rotatable bonds is 6. The fourth-order valence-corrected chi connectivity index (χ4v) is 2.57. The summed E-state index contributed by atoms with van der Waals surface area (Å²) in [5.74, 6) is -0.121. The lowest BCUT2D eigenvalue weighted by atomic mass is 10.2. The smallest absolute Gasteiger partial charge is 0.306 e. The van der Waals surface area contributed by atoms with Gasteiger partial charge in [0, 0.05) is 25.2 Å². The van der Waals surface area contributed by atoms with Gasteiger partial charge in [0.05, 0.1) is 13.5 Å². The Morgan fingerprint density at radius 1 is 1.53 bits per heavy atom. The van der Waals surface area contributed by atoms with Crippen LogP contribution in [0.25, 0.3) is 0 Å². The van der Waals surface area contributed by atoms with Crippen molar-refractivity contribution in [2.24, 2.45) is 0 Å². The lowest BCUT2D eigenvalue weighted by Gasteiger charge is -2.31. The molecule has 0 N–H and O–H groups in total. The molecule has 0 spiro atoms. The molecule has 4 heteroatoms. The van der Waals surface area contributed by atoms with Crippen LogP contribution in [0.1, 0.15) is 33.1 Å². The molecule has 0 saturated carbocycles. The van der Waals surface area contributed by atoms with Crippen LogP contribution in [0.4, 0.5) is 0 Å². The summed E-state index contributed by atoms with van der Waals surface area (Å²) in [5.41, 5.74) is 0. The standard InChI is InChI=1S/C13H26N2O2/c1-11(2)15-8-5-6-12(15)10-14(3)9-7-13(16)17-4/h11-12H,5-10H2,1-4H3/t12-/m0/s1. The molecule has 1 fully saturated rings. The fraction of sp³-hybridized carbons (Fsp3) is 0.923. The number of carbonyl (C=O) groups is 1. The predicted molar refractivity (Wildman–Crippen MR) is 69.0 cm³/mol. The maximum Gasteiger partial charge on any atom is 0.306 e. The average Bonchev–Trinajstić information content (AvgIpc) is 2.74. The first kappa shape index (κ1) is 14.5. The highest BCUT2D eigenvalue weighted by atomic mass is 16.5. The van der Waals surface area contributed by atoms with Gasteiger partial charge in [-0.05, 0) is 40.3 Å². The molecule has 1 aliphatic rings. The topological polar surface area (TPSA) is 32.8 Å². The van der Waals surface area contributed by atoms with E-state index < -0.39 is 0 Å². The molecule has 0 aromatic carbocycles. The van der Waals surface area contributed by atoms with Crippen LogP contribution in [0.3, 0.4) is 0 Å². The van der Waals surface area contributed by atoms with Crippen LogP contribution in [0.2, 0.25) is 0 Å². The zero-order chi connectivity index (χ0) is 12.8. The average molecular weight is 242 g/mol. The molecule has 1 saturated heterocycles. The third-order valence-corrected chi connectivity index (χ3v) is 3.53. The highest BCUT2D eigenvalue weighted by Crippen LogP contribution is 2.20. The zero-order valence-electron chi connectivity index (χ0n) is 11.6. The Morgan fingerprint density at radius 2 is 2.24 bits per heavy atom. The number of ether oxygens (including phenoxy) is 1. The first-order chi connectivity index (χ1) is 8.04. The van der Waals surface area contributed by atoms with E-state index in [2.05, 4.69) is 35.4 Å². The molecule has 4 nitrogen and oxygen atoms in total. The van der Waals surface area contributed by atoms with Crippen molar-refractivity contribution in [3.63, 3.8) is 0 Å². The van der Waals surface area contributed by atoms with E-state index in [1.165, 1.54) is 26.5 Å². The lowest BCUT2D eigenvalue weighted by Crippen LogP contribution is -2.42. The number of likely N-dealkylation sites (N-methyl/N-ethyl adjacent to an activating group) is 1. The van der Waals surface area contributed by atoms with Crippen LogP contribution in [0.15, 0.2) is 0 Å². The van der Waals surface area contributed by atoms with E-state index in [1.807, 2.05) is 0 Å². The molecular formula is C13H26N2O2. The monoisotopic (exact) mass is 242 g/mol. The number of carbonyl (C=O) groups excluding carboxylic acids is 1. The van der Waals surface area contributed by atoms with Crippen molar-refractivity contribution in [1.29, 1.82) is 0 Å². The second-order valence-electron chi connectivity index (χ2n) is 5.22. The summed E-state index contributed by atoms with van der Waals surface area (Å²) < 4.78 is 4.65. The van der Waals surface area contributed by atoms with Gasteiger partial charge in [-0.2, -0.15) is 0 Å². The maximum absolute atomic E-state index is 11.1. The molecule has 100 valence electrons. The van der Waals surface area contributed by atoms with Gasteiger partial charge < -0.3 is 9.64 Å². The van der Waals surface area contributed by atoms with E-state index in [9.17, 15) is 4.79 Å². The quantitative estimate of drug-likeness (QED) is 0.658. The van der Waals surface area contributed by atoms with Crippen molar-refractivity contribution in [2.45, 2.75) is 45.2 Å². The molecular weight excluding hydrogens is 216 g/mol. The summed E-state index contributed by atoms with van der Waals surface area (Å²) in [7, 11) is 3.53. The molecule has 0 amide bonds. The first-order valence-electron chi connectivity index (χ1n) is 6.55. The lowest BCUT2D eigenvalue weighted by molar-refractivity contribution is -0.140. The van der Waals surface area contributed by atoms with Crippen molar-refractivity contribution < 1.29 is 9.53 Å². The summed E-state index contributed by atoms with van der Waals surface area (Å²) in [6.45, 7) is 7.57. The van der Waals surface area contributed by atoms with Crippen molar-refractivity contribution in [3.8, 4) is 0 Å². The number of esters is 1. The van der Waals surface area contributed by atoms with Crippen molar-refractivity contribution in [2.75, 3.05) is 33.8 Å². The molecule has 1 aliphatic heterocycles. The van der Waals surface area contributed by atoms with E-state index in [1.54, 1.807) is 0 Å². The highest BCUT2D eigenvalue weighted by molar-refractivity contribution is 5.69. The molecule has 1 heterocycles. The van der Waals surface area contributed by atoms with E-state index in [0.29, 0.717) is 18.5 Å². The Morgan fingerprint density at radius 3 is 2.82 bits per heavy atom. The molecule has 0 bridgehead atoms. The predicted octanol–water partition coefficient (Wildman–Crippen LogP) is 1.35. The van der Waals surface area contributed by atoms with Crippen molar-refractivity contribution in [1.82, 2.24) is 9.80 Å². The number of nitrogens with zero attached hydrogens (tertiary/aromatic N) is 2. The molecule has 17 heavy (non-hydrogen) atoms. The van der Waals surface area contributed by atoms with Gasteiger partial charge in [-0.3, -0.25) is 9.69 Å². The summed E-state index contributed by atoms with van der Waals surface area (Å²) in [5, 5.41) is 0. The van der Waals surface area contributed by atoms with E-state index >= 15 is 0 Å². The maximum atomic E-state index is 11.1. The Labute approximate surface area is 105 Å². The van der Waals surface area contributed by atoms with Crippen LogP contribution in [-0.4, -0.2) is 61.6 Å². The summed E-state index contributed by atoms with van der Waals surface area (Å²) in [4.78, 5) is 15.9. The molecule has 0 unspecified atom stereocenters. The minimum absolute atomic E-state index is 0.121. The molecule has 1 atom stereocenters. The Bertz CT molecular complexity index is 244. The van der Waals surface area contributed by atoms with Crippen molar-refractivity contribution in [3.05, 3.63) is 0 Å². The first-order valence-corrected chi connectivity index (χ1v) is 6.55. The van der Waals surface area contributed by atoms with Crippen LogP contribution in [0.5, 0.6) is 0 Å². The highest BCUT2D eigenvalue weighted by Gasteiger charge is 2.27. The van der Waals surface area contributed by atoms with Crippen molar-refractivity contribution >= 4 is 5.97 Å². The van der Waals surface area contributed by atoms with Gasteiger partial charge in [0.15, 0.2) is 0 Å². The summed E-state index contributed by atoms with van der Waals surface area (Å²) in [6, 6.07) is 1.27. The zero-order valence-corrected chi connectivity index (χ0v) is 11.6. The van der Waals surface area contributed by atoms with Gasteiger partial charge >= 0.3 is 5.97 Å². The van der Waals surface area contributed by atoms with Gasteiger partial charge in [-0.25, -0.2) is 0 Å². The second kappa shape index (κ2) is 6.97. The van der Waals surface area contributed by atoms with Gasteiger partial charge in [-0.15, -0.1) is 0 Å². The van der Waals surface area contributed by atoms with E-state index in [0.717, 1.165) is 13.1 Å². The Hall–Kier alpha value is -0.610. The molecule has 0 aliphatic carbocycles. The second-order valence-corrected chi connectivity index (χ2v) is 5.22. The molecule has 1 rings (SSSR count). The van der Waals surface area contributed by atoms with Gasteiger partial charge in [0.25, 0.3) is 0 Å². The minimum Gasteiger partial charge on any atom is -0.469 e. The minimum atomic E-state index is -0.121. The largest absolute Gasteiger partial charge is 0.469 e. The number of hydrogen-bond acceptors (Lipinski definition) is 4. The molecule has 0 aromatic heterocycles. The van der Waals surface area contributed by atoms with E-state index in [4.69, 9.17) is 0 Å². The molecule has 0 radical (unpaired) electrons. The number of methoxy groups -OCH3 is 1. The summed E-state index contributed by atoms with van der Waals surface area (Å²) >= 11 is 0. The third kappa shape index (κ3) is 4.64. The van der Waals surface area contributed by atoms with Crippen LogP contribution < -0.4 is 0 Å². The normalized spacial score (nSPS) is 21.4. The molecule has 0 aromatic rings. The number of hydrogen-bond donors (Lipinski definition) is 0. The van der Waals surface area contributed by atoms with Crippen LogP contribution in [-0.2, 0) is 9.53 Å². The Balaban J connectivity index is 2.30. The Kier molecular flexibility index (Phi) is 5.92. The van der Waals surface area contributed by atoms with E-state index in [-0.39, 0.29) is 5.97 Å².